The monoisotopic (exact) mass is 278 g/mol. The van der Waals surface area contributed by atoms with Crippen molar-refractivity contribution in [3.05, 3.63) is 0 Å². The molecule has 2 aliphatic carbocycles. The summed E-state index contributed by atoms with van der Waals surface area (Å²) >= 11 is 0. The van der Waals surface area contributed by atoms with Crippen LogP contribution in [0.3, 0.4) is 0 Å². The molecule has 3 unspecified atom stereocenters. The van der Waals surface area contributed by atoms with Crippen molar-refractivity contribution in [3.8, 4) is 0 Å². The van der Waals surface area contributed by atoms with Crippen LogP contribution in [-0.2, 0) is 4.79 Å². The molecule has 1 N–H and O–H groups in total. The Labute approximate surface area is 123 Å². The van der Waals surface area contributed by atoms with Crippen molar-refractivity contribution in [2.45, 2.75) is 51.4 Å². The van der Waals surface area contributed by atoms with Gasteiger partial charge in [-0.25, -0.2) is 0 Å². The van der Waals surface area contributed by atoms with Gasteiger partial charge in [0, 0.05) is 19.0 Å². The highest BCUT2D eigenvalue weighted by Gasteiger charge is 2.49. The van der Waals surface area contributed by atoms with E-state index in [9.17, 15) is 4.79 Å². The Kier molecular flexibility index (Phi) is 4.65. The maximum Gasteiger partial charge on any atom is 0.225 e. The van der Waals surface area contributed by atoms with Crippen molar-refractivity contribution >= 4 is 5.91 Å². The number of rotatable bonds is 4. The second-order valence-corrected chi connectivity index (χ2v) is 7.25. The second-order valence-electron chi connectivity index (χ2n) is 7.25. The largest absolute Gasteiger partial charge is 0.342 e. The first-order valence-corrected chi connectivity index (χ1v) is 8.73. The van der Waals surface area contributed by atoms with Crippen LogP contribution in [0.5, 0.6) is 0 Å². The number of likely N-dealkylation sites (tertiary alicyclic amines) is 1. The predicted molar refractivity (Wildman–Crippen MR) is 81.4 cm³/mol. The number of nitrogens with zero attached hydrogens (tertiary/aromatic N) is 1. The lowest BCUT2D eigenvalue weighted by atomic mass is 9.85. The van der Waals surface area contributed by atoms with Gasteiger partial charge in [-0.1, -0.05) is 32.1 Å². The molecule has 114 valence electrons. The molecule has 2 saturated carbocycles. The SMILES string of the molecule is CNCC1CCCN(C(=O)C2CC2C2CCCCC2)C1. The average Bonchev–Trinajstić information content (AvgIpc) is 3.29. The Balaban J connectivity index is 1.49. The van der Waals surface area contributed by atoms with E-state index in [0.717, 1.165) is 31.5 Å². The van der Waals surface area contributed by atoms with Crippen LogP contribution in [0.15, 0.2) is 0 Å². The fraction of sp³-hybridized carbons (Fsp3) is 0.941. The molecule has 0 aromatic heterocycles. The molecular weight excluding hydrogens is 248 g/mol. The van der Waals surface area contributed by atoms with Gasteiger partial charge in [0.2, 0.25) is 5.91 Å². The molecule has 0 aromatic carbocycles. The molecule has 0 aromatic rings. The zero-order chi connectivity index (χ0) is 13.9. The van der Waals surface area contributed by atoms with Gasteiger partial charge >= 0.3 is 0 Å². The van der Waals surface area contributed by atoms with E-state index in [1.165, 1.54) is 51.4 Å². The minimum atomic E-state index is 0.395. The Morgan fingerprint density at radius 2 is 1.95 bits per heavy atom. The summed E-state index contributed by atoms with van der Waals surface area (Å²) in [6.45, 7) is 3.06. The molecule has 1 amide bonds. The van der Waals surface area contributed by atoms with Crippen LogP contribution < -0.4 is 5.32 Å². The van der Waals surface area contributed by atoms with E-state index in [-0.39, 0.29) is 0 Å². The van der Waals surface area contributed by atoms with Gasteiger partial charge in [-0.05, 0) is 50.6 Å². The number of piperidine rings is 1. The van der Waals surface area contributed by atoms with Crippen LogP contribution in [0.1, 0.15) is 51.4 Å². The molecule has 1 saturated heterocycles. The first-order chi connectivity index (χ1) is 9.79. The van der Waals surface area contributed by atoms with Crippen LogP contribution in [-0.4, -0.2) is 37.5 Å². The number of hydrogen-bond donors (Lipinski definition) is 1. The van der Waals surface area contributed by atoms with Gasteiger partial charge in [0.25, 0.3) is 0 Å². The minimum Gasteiger partial charge on any atom is -0.342 e. The van der Waals surface area contributed by atoms with Gasteiger partial charge in [-0.2, -0.15) is 0 Å². The van der Waals surface area contributed by atoms with Crippen LogP contribution in [0.4, 0.5) is 0 Å². The zero-order valence-electron chi connectivity index (χ0n) is 12.9. The number of hydrogen-bond acceptors (Lipinski definition) is 2. The molecule has 3 heteroatoms. The predicted octanol–water partition coefficient (Wildman–Crippen LogP) is 2.66. The van der Waals surface area contributed by atoms with Crippen molar-refractivity contribution in [3.63, 3.8) is 0 Å². The molecule has 20 heavy (non-hydrogen) atoms. The molecule has 3 atom stereocenters. The third kappa shape index (κ3) is 3.19. The third-order valence-electron chi connectivity index (χ3n) is 5.74. The summed E-state index contributed by atoms with van der Waals surface area (Å²) in [4.78, 5) is 14.8. The van der Waals surface area contributed by atoms with E-state index in [4.69, 9.17) is 0 Å². The van der Waals surface area contributed by atoms with Crippen molar-refractivity contribution in [2.24, 2.45) is 23.7 Å². The first-order valence-electron chi connectivity index (χ1n) is 8.73. The van der Waals surface area contributed by atoms with E-state index in [1.54, 1.807) is 0 Å². The fourth-order valence-electron chi connectivity index (χ4n) is 4.54. The third-order valence-corrected chi connectivity index (χ3v) is 5.74. The van der Waals surface area contributed by atoms with E-state index in [1.807, 2.05) is 7.05 Å². The molecule has 3 rings (SSSR count). The number of carbonyl (C=O) groups is 1. The molecule has 0 spiro atoms. The lowest BCUT2D eigenvalue weighted by Gasteiger charge is -2.33. The molecule has 3 fully saturated rings. The molecule has 0 radical (unpaired) electrons. The van der Waals surface area contributed by atoms with Gasteiger partial charge in [0.05, 0.1) is 0 Å². The lowest BCUT2D eigenvalue weighted by molar-refractivity contribution is -0.134. The highest BCUT2D eigenvalue weighted by atomic mass is 16.2. The quantitative estimate of drug-likeness (QED) is 0.857. The summed E-state index contributed by atoms with van der Waals surface area (Å²) < 4.78 is 0. The van der Waals surface area contributed by atoms with Crippen molar-refractivity contribution in [1.82, 2.24) is 10.2 Å². The van der Waals surface area contributed by atoms with Crippen LogP contribution in [0.25, 0.3) is 0 Å². The Hall–Kier alpha value is -0.570. The fourth-order valence-corrected chi connectivity index (χ4v) is 4.54. The summed E-state index contributed by atoms with van der Waals surface area (Å²) in [5.41, 5.74) is 0. The van der Waals surface area contributed by atoms with E-state index >= 15 is 0 Å². The summed E-state index contributed by atoms with van der Waals surface area (Å²) in [7, 11) is 2.01. The Morgan fingerprint density at radius 1 is 1.15 bits per heavy atom. The first kappa shape index (κ1) is 14.4. The second kappa shape index (κ2) is 6.46. The van der Waals surface area contributed by atoms with Gasteiger partial charge in [-0.3, -0.25) is 4.79 Å². The van der Waals surface area contributed by atoms with Gasteiger partial charge in [-0.15, -0.1) is 0 Å². The smallest absolute Gasteiger partial charge is 0.225 e. The molecule has 1 heterocycles. The zero-order valence-corrected chi connectivity index (χ0v) is 12.9. The molecule has 3 nitrogen and oxygen atoms in total. The maximum atomic E-state index is 12.7. The minimum absolute atomic E-state index is 0.395. The number of carbonyl (C=O) groups excluding carboxylic acids is 1. The Morgan fingerprint density at radius 3 is 2.70 bits per heavy atom. The van der Waals surface area contributed by atoms with Crippen molar-refractivity contribution in [2.75, 3.05) is 26.7 Å². The topological polar surface area (TPSA) is 32.3 Å². The summed E-state index contributed by atoms with van der Waals surface area (Å²) in [6.07, 6.45) is 10.6. The van der Waals surface area contributed by atoms with Crippen LogP contribution in [0.2, 0.25) is 0 Å². The molecule has 1 aliphatic heterocycles. The van der Waals surface area contributed by atoms with E-state index in [0.29, 0.717) is 17.7 Å². The summed E-state index contributed by atoms with van der Waals surface area (Å²) in [5.74, 6) is 3.17. The lowest BCUT2D eigenvalue weighted by Crippen LogP contribution is -2.43. The maximum absolute atomic E-state index is 12.7. The normalized spacial score (nSPS) is 35.0. The van der Waals surface area contributed by atoms with Crippen molar-refractivity contribution in [1.29, 1.82) is 0 Å². The number of amides is 1. The summed E-state index contributed by atoms with van der Waals surface area (Å²) in [6, 6.07) is 0. The van der Waals surface area contributed by atoms with Gasteiger partial charge < -0.3 is 10.2 Å². The van der Waals surface area contributed by atoms with Gasteiger partial charge in [0.1, 0.15) is 0 Å². The Bertz CT molecular complexity index is 336. The van der Waals surface area contributed by atoms with Crippen LogP contribution in [0, 0.1) is 23.7 Å². The molecule has 3 aliphatic rings. The molecule has 0 bridgehead atoms. The highest BCUT2D eigenvalue weighted by Crippen LogP contribution is 2.50. The van der Waals surface area contributed by atoms with E-state index < -0.39 is 0 Å². The van der Waals surface area contributed by atoms with Gasteiger partial charge in [0.15, 0.2) is 0 Å². The molecular formula is C17H30N2O. The summed E-state index contributed by atoms with van der Waals surface area (Å²) in [5, 5.41) is 3.26. The van der Waals surface area contributed by atoms with E-state index in [2.05, 4.69) is 10.2 Å². The highest BCUT2D eigenvalue weighted by molar-refractivity contribution is 5.81. The van der Waals surface area contributed by atoms with Crippen molar-refractivity contribution < 1.29 is 4.79 Å². The number of nitrogens with one attached hydrogen (secondary N) is 1. The standard InChI is InChI=1S/C17H30N2O/c1-18-11-13-6-5-9-19(12-13)17(20)16-10-15(16)14-7-3-2-4-8-14/h13-16,18H,2-12H2,1H3. The van der Waals surface area contributed by atoms with Crippen LogP contribution >= 0.6 is 0 Å². The average molecular weight is 278 g/mol.